The highest BCUT2D eigenvalue weighted by Crippen LogP contribution is 2.27. The fraction of sp³-hybridized carbons (Fsp3) is 0.0833. The number of hydrogen-bond donors (Lipinski definition) is 2. The Morgan fingerprint density at radius 1 is 1.03 bits per heavy atom. The van der Waals surface area contributed by atoms with E-state index in [1.54, 1.807) is 43.3 Å². The van der Waals surface area contributed by atoms with E-state index < -0.39 is 10.0 Å². The molecule has 1 amide bonds. The smallest absolute Gasteiger partial charge is 0.262 e. The van der Waals surface area contributed by atoms with Crippen molar-refractivity contribution in [2.75, 3.05) is 10.0 Å². The second kappa shape index (κ2) is 9.48. The van der Waals surface area contributed by atoms with E-state index in [9.17, 15) is 13.2 Å². The van der Waals surface area contributed by atoms with Gasteiger partial charge in [0.05, 0.1) is 27.7 Å². The number of amides is 1. The van der Waals surface area contributed by atoms with Crippen LogP contribution < -0.4 is 10.0 Å². The molecule has 2 N–H and O–H groups in total. The van der Waals surface area contributed by atoms with Crippen LogP contribution in [0.5, 0.6) is 0 Å². The molecule has 0 unspecified atom stereocenters. The van der Waals surface area contributed by atoms with Gasteiger partial charge in [0.15, 0.2) is 0 Å². The highest BCUT2D eigenvalue weighted by atomic mass is 35.5. The first kappa shape index (κ1) is 22.6. The van der Waals surface area contributed by atoms with Crippen LogP contribution in [0.2, 0.25) is 5.02 Å². The Kier molecular flexibility index (Phi) is 6.48. The van der Waals surface area contributed by atoms with Gasteiger partial charge in [-0.15, -0.1) is 0 Å². The summed E-state index contributed by atoms with van der Waals surface area (Å²) in [4.78, 5) is 16.9. The number of oxazole rings is 1. The number of anilines is 2. The predicted molar refractivity (Wildman–Crippen MR) is 128 cm³/mol. The summed E-state index contributed by atoms with van der Waals surface area (Å²) in [6, 6.07) is 20.6. The molecule has 0 radical (unpaired) electrons. The molecular weight excluding hydrogens is 462 g/mol. The summed E-state index contributed by atoms with van der Waals surface area (Å²) in [5.74, 6) is 0.0712. The predicted octanol–water partition coefficient (Wildman–Crippen LogP) is 5.29. The Balaban J connectivity index is 1.48. The molecule has 4 rings (SSSR count). The van der Waals surface area contributed by atoms with Gasteiger partial charge in [-0.3, -0.25) is 9.52 Å². The van der Waals surface area contributed by atoms with Crippen LogP contribution in [0.15, 0.2) is 88.4 Å². The minimum absolute atomic E-state index is 0.0236. The lowest BCUT2D eigenvalue weighted by Gasteiger charge is -2.13. The average molecular weight is 482 g/mol. The second-order valence-electron chi connectivity index (χ2n) is 7.30. The quantitative estimate of drug-likeness (QED) is 0.373. The zero-order valence-electron chi connectivity index (χ0n) is 17.6. The standard InChI is InChI=1S/C24H20ClN3O4S/c1-16-11-12-18(13-22(16)33(30,31)28-21-10-6-5-9-20(21)25)26-23(29)14-19-15-32-24(27-19)17-7-3-2-4-8-17/h2-13,15,28H,14H2,1H3,(H,26,29). The first-order valence-electron chi connectivity index (χ1n) is 9.99. The van der Waals surface area contributed by atoms with E-state index in [1.807, 2.05) is 30.3 Å². The minimum atomic E-state index is -3.92. The van der Waals surface area contributed by atoms with Crippen molar-refractivity contribution in [3.63, 3.8) is 0 Å². The van der Waals surface area contributed by atoms with Gasteiger partial charge in [-0.2, -0.15) is 0 Å². The van der Waals surface area contributed by atoms with E-state index in [2.05, 4.69) is 15.0 Å². The van der Waals surface area contributed by atoms with Crippen LogP contribution in [-0.4, -0.2) is 19.3 Å². The molecule has 0 fully saturated rings. The minimum Gasteiger partial charge on any atom is -0.444 e. The molecular formula is C24H20ClN3O4S. The molecule has 0 spiro atoms. The molecule has 7 nitrogen and oxygen atoms in total. The molecule has 1 aromatic heterocycles. The third kappa shape index (κ3) is 5.42. The lowest BCUT2D eigenvalue weighted by Crippen LogP contribution is -2.17. The molecule has 4 aromatic rings. The number of para-hydroxylation sites is 1. The van der Waals surface area contributed by atoms with Crippen LogP contribution in [0.3, 0.4) is 0 Å². The van der Waals surface area contributed by atoms with Gasteiger partial charge in [-0.1, -0.05) is 48.0 Å². The second-order valence-corrected chi connectivity index (χ2v) is 9.36. The number of sulfonamides is 1. The summed E-state index contributed by atoms with van der Waals surface area (Å²) < 4.78 is 33.8. The Bertz CT molecular complexity index is 1400. The van der Waals surface area contributed by atoms with E-state index in [-0.39, 0.29) is 27.9 Å². The van der Waals surface area contributed by atoms with Crippen molar-refractivity contribution in [2.24, 2.45) is 0 Å². The molecule has 9 heteroatoms. The molecule has 0 saturated carbocycles. The van der Waals surface area contributed by atoms with Crippen LogP contribution in [0.4, 0.5) is 11.4 Å². The Morgan fingerprint density at radius 3 is 2.52 bits per heavy atom. The number of nitrogens with one attached hydrogen (secondary N) is 2. The van der Waals surface area contributed by atoms with Crippen LogP contribution in [0.1, 0.15) is 11.3 Å². The molecule has 168 valence electrons. The Labute approximate surface area is 196 Å². The van der Waals surface area contributed by atoms with Gasteiger partial charge in [-0.25, -0.2) is 13.4 Å². The first-order valence-corrected chi connectivity index (χ1v) is 11.9. The summed E-state index contributed by atoms with van der Waals surface area (Å²) in [6.45, 7) is 1.67. The van der Waals surface area contributed by atoms with Crippen LogP contribution in [-0.2, 0) is 21.2 Å². The molecule has 0 aliphatic rings. The maximum Gasteiger partial charge on any atom is 0.262 e. The first-order chi connectivity index (χ1) is 15.8. The van der Waals surface area contributed by atoms with Crippen LogP contribution in [0.25, 0.3) is 11.5 Å². The third-order valence-electron chi connectivity index (χ3n) is 4.79. The van der Waals surface area contributed by atoms with Crippen LogP contribution in [0, 0.1) is 6.92 Å². The summed E-state index contributed by atoms with van der Waals surface area (Å²) in [7, 11) is -3.92. The SMILES string of the molecule is Cc1ccc(NC(=O)Cc2coc(-c3ccccc3)n2)cc1S(=O)(=O)Nc1ccccc1Cl. The molecule has 3 aromatic carbocycles. The zero-order chi connectivity index (χ0) is 23.4. The fourth-order valence-corrected chi connectivity index (χ4v) is 4.77. The summed E-state index contributed by atoms with van der Waals surface area (Å²) in [6.07, 6.45) is 1.41. The van der Waals surface area contributed by atoms with Crippen molar-refractivity contribution in [3.05, 3.63) is 95.3 Å². The fourth-order valence-electron chi connectivity index (χ4n) is 3.18. The van der Waals surface area contributed by atoms with Gasteiger partial charge >= 0.3 is 0 Å². The number of rotatable bonds is 7. The molecule has 1 heterocycles. The number of halogens is 1. The van der Waals surface area contributed by atoms with Gasteiger partial charge in [0.1, 0.15) is 6.26 Å². The van der Waals surface area contributed by atoms with Crippen molar-refractivity contribution in [1.82, 2.24) is 4.98 Å². The average Bonchev–Trinajstić information content (AvgIpc) is 3.25. The Hall–Kier alpha value is -3.62. The third-order valence-corrected chi connectivity index (χ3v) is 6.63. The number of hydrogen-bond acceptors (Lipinski definition) is 5. The molecule has 33 heavy (non-hydrogen) atoms. The van der Waals surface area contributed by atoms with E-state index in [0.717, 1.165) is 5.56 Å². The number of carbonyl (C=O) groups is 1. The van der Waals surface area contributed by atoms with Gasteiger partial charge in [0.2, 0.25) is 11.8 Å². The lowest BCUT2D eigenvalue weighted by molar-refractivity contribution is -0.115. The van der Waals surface area contributed by atoms with Crippen molar-refractivity contribution in [3.8, 4) is 11.5 Å². The van der Waals surface area contributed by atoms with Crippen molar-refractivity contribution < 1.29 is 17.6 Å². The van der Waals surface area contributed by atoms with Crippen molar-refractivity contribution in [1.29, 1.82) is 0 Å². The zero-order valence-corrected chi connectivity index (χ0v) is 19.2. The van der Waals surface area contributed by atoms with E-state index >= 15 is 0 Å². The summed E-state index contributed by atoms with van der Waals surface area (Å²) in [5, 5.41) is 3.00. The topological polar surface area (TPSA) is 101 Å². The number of aromatic nitrogens is 1. The van der Waals surface area contributed by atoms with Gasteiger partial charge in [-0.05, 0) is 48.9 Å². The van der Waals surface area contributed by atoms with Gasteiger partial charge in [0, 0.05) is 11.3 Å². The van der Waals surface area contributed by atoms with Crippen molar-refractivity contribution in [2.45, 2.75) is 18.2 Å². The summed E-state index contributed by atoms with van der Waals surface area (Å²) >= 11 is 6.08. The van der Waals surface area contributed by atoms with Crippen molar-refractivity contribution >= 4 is 38.9 Å². The Morgan fingerprint density at radius 2 is 1.76 bits per heavy atom. The number of benzene rings is 3. The monoisotopic (exact) mass is 481 g/mol. The maximum atomic E-state index is 12.9. The van der Waals surface area contributed by atoms with Gasteiger partial charge in [0.25, 0.3) is 10.0 Å². The molecule has 0 saturated heterocycles. The molecule has 0 bridgehead atoms. The largest absolute Gasteiger partial charge is 0.444 e. The number of nitrogens with zero attached hydrogens (tertiary/aromatic N) is 1. The number of aryl methyl sites for hydroxylation is 1. The van der Waals surface area contributed by atoms with E-state index in [4.69, 9.17) is 16.0 Å². The highest BCUT2D eigenvalue weighted by molar-refractivity contribution is 7.92. The number of carbonyl (C=O) groups excluding carboxylic acids is 1. The van der Waals surface area contributed by atoms with E-state index in [1.165, 1.54) is 12.3 Å². The van der Waals surface area contributed by atoms with Crippen LogP contribution >= 0.6 is 11.6 Å². The normalized spacial score (nSPS) is 11.2. The summed E-state index contributed by atoms with van der Waals surface area (Å²) in [5.41, 5.74) is 2.41. The molecule has 0 atom stereocenters. The highest BCUT2D eigenvalue weighted by Gasteiger charge is 2.19. The molecule has 0 aliphatic carbocycles. The lowest BCUT2D eigenvalue weighted by atomic mass is 10.2. The van der Waals surface area contributed by atoms with E-state index in [0.29, 0.717) is 22.8 Å². The maximum absolute atomic E-state index is 12.9. The van der Waals surface area contributed by atoms with Gasteiger partial charge < -0.3 is 9.73 Å². The molecule has 0 aliphatic heterocycles.